The molecule has 1 fully saturated rings. The third-order valence-corrected chi connectivity index (χ3v) is 4.24. The first-order valence-electron chi connectivity index (χ1n) is 10.3. The average molecular weight is 380 g/mol. The van der Waals surface area contributed by atoms with Gasteiger partial charge in [-0.2, -0.15) is 0 Å². The number of ketones is 1. The topological polar surface area (TPSA) is 63.7 Å². The molecule has 0 saturated carbocycles. The Labute approximate surface area is 164 Å². The summed E-state index contributed by atoms with van der Waals surface area (Å²) in [5.41, 5.74) is 1.11. The number of carbonyl (C=O) groups excluding carboxylic acids is 3. The highest BCUT2D eigenvalue weighted by molar-refractivity contribution is 6.06. The molecular formula is C22H37NO4. The van der Waals surface area contributed by atoms with E-state index in [0.717, 1.165) is 23.3 Å². The molecule has 0 aromatic rings. The van der Waals surface area contributed by atoms with Crippen molar-refractivity contribution in [3.8, 4) is 0 Å². The number of carbonyl (C=O) groups is 3. The third kappa shape index (κ3) is 7.69. The van der Waals surface area contributed by atoms with E-state index < -0.39 is 17.9 Å². The van der Waals surface area contributed by atoms with Crippen LogP contribution in [0.15, 0.2) is 23.8 Å². The molecule has 2 rings (SSSR count). The maximum absolute atomic E-state index is 12.8. The lowest BCUT2D eigenvalue weighted by atomic mass is 9.91. The van der Waals surface area contributed by atoms with Crippen LogP contribution < -0.4 is 0 Å². The molecule has 5 nitrogen and oxygen atoms in total. The number of Topliss-reactive ketones (excluding diaryl/α,β-unsaturated/α-hetero) is 1. The van der Waals surface area contributed by atoms with E-state index in [9.17, 15) is 14.4 Å². The second kappa shape index (κ2) is 13.3. The van der Waals surface area contributed by atoms with Gasteiger partial charge in [-0.15, -0.1) is 0 Å². The number of amides is 2. The van der Waals surface area contributed by atoms with Crippen LogP contribution in [0.1, 0.15) is 74.1 Å². The smallest absolute Gasteiger partial charge is 0.417 e. The number of cyclic esters (lactones) is 1. The van der Waals surface area contributed by atoms with Crippen LogP contribution >= 0.6 is 0 Å². The van der Waals surface area contributed by atoms with Gasteiger partial charge in [-0.05, 0) is 38.5 Å². The van der Waals surface area contributed by atoms with Crippen molar-refractivity contribution in [1.29, 1.82) is 0 Å². The summed E-state index contributed by atoms with van der Waals surface area (Å²) in [4.78, 5) is 37.8. The maximum atomic E-state index is 12.8. The molecule has 0 bridgehead atoms. The van der Waals surface area contributed by atoms with E-state index in [-0.39, 0.29) is 24.3 Å². The summed E-state index contributed by atoms with van der Waals surface area (Å²) in [6, 6.07) is -0.321. The number of ether oxygens (including phenoxy) is 1. The zero-order valence-electron chi connectivity index (χ0n) is 18.1. The van der Waals surface area contributed by atoms with Gasteiger partial charge in [0.25, 0.3) is 0 Å². The van der Waals surface area contributed by atoms with Crippen molar-refractivity contribution in [2.75, 3.05) is 6.61 Å². The summed E-state index contributed by atoms with van der Waals surface area (Å²) in [5.74, 6) is -1.18. The van der Waals surface area contributed by atoms with Crippen LogP contribution in [0.4, 0.5) is 4.79 Å². The van der Waals surface area contributed by atoms with Crippen molar-refractivity contribution >= 4 is 17.8 Å². The fraction of sp³-hybridized carbons (Fsp3) is 0.682. The van der Waals surface area contributed by atoms with E-state index in [1.807, 2.05) is 47.6 Å². The van der Waals surface area contributed by atoms with Crippen LogP contribution in [-0.2, 0) is 14.3 Å². The summed E-state index contributed by atoms with van der Waals surface area (Å²) < 4.78 is 5.08. The minimum atomic E-state index is -0.765. The minimum absolute atomic E-state index is 0.195. The Bertz CT molecular complexity index is 549. The molecule has 0 unspecified atom stereocenters. The second-order valence-electron chi connectivity index (χ2n) is 6.69. The number of hydrogen-bond acceptors (Lipinski definition) is 4. The first-order valence-corrected chi connectivity index (χ1v) is 10.3. The molecule has 27 heavy (non-hydrogen) atoms. The normalized spacial score (nSPS) is 19.3. The van der Waals surface area contributed by atoms with E-state index in [0.29, 0.717) is 12.8 Å². The summed E-state index contributed by atoms with van der Waals surface area (Å²) in [5, 5.41) is 0. The van der Waals surface area contributed by atoms with Crippen molar-refractivity contribution in [3.05, 3.63) is 23.8 Å². The lowest BCUT2D eigenvalue weighted by Gasteiger charge is -2.25. The lowest BCUT2D eigenvalue weighted by Crippen LogP contribution is -2.44. The van der Waals surface area contributed by atoms with Gasteiger partial charge in [-0.25, -0.2) is 9.69 Å². The molecule has 0 radical (unpaired) electrons. The standard InChI is InChI=1S/C18H25NO4.2C2H6/c1-12(2)9-16(13(3)20)17(21)19-15(11-23-18(19)22)10-14-7-5-4-6-8-14;2*1-2/h5,7-8,12,15-16H,4,6,9-11H2,1-3H3;2*1-2H3/t15-,16+;;/m0../s1. The Morgan fingerprint density at radius 3 is 2.30 bits per heavy atom. The van der Waals surface area contributed by atoms with Gasteiger partial charge in [0, 0.05) is 0 Å². The van der Waals surface area contributed by atoms with E-state index in [2.05, 4.69) is 12.2 Å². The Kier molecular flexibility index (Phi) is 12.3. The van der Waals surface area contributed by atoms with E-state index in [1.54, 1.807) is 0 Å². The molecule has 154 valence electrons. The van der Waals surface area contributed by atoms with Gasteiger partial charge in [0.1, 0.15) is 12.4 Å². The first-order chi connectivity index (χ1) is 12.9. The number of imide groups is 1. The molecule has 1 heterocycles. The predicted octanol–water partition coefficient (Wildman–Crippen LogP) is 5.30. The highest BCUT2D eigenvalue weighted by atomic mass is 16.6. The van der Waals surface area contributed by atoms with Gasteiger partial charge in [-0.3, -0.25) is 9.59 Å². The van der Waals surface area contributed by atoms with Crippen molar-refractivity contribution in [3.63, 3.8) is 0 Å². The van der Waals surface area contributed by atoms with Crippen LogP contribution in [0, 0.1) is 11.8 Å². The molecule has 0 spiro atoms. The molecule has 5 heteroatoms. The van der Waals surface area contributed by atoms with E-state index in [1.165, 1.54) is 6.92 Å². The summed E-state index contributed by atoms with van der Waals surface area (Å²) in [6.07, 6.45) is 8.66. The number of rotatable bonds is 6. The molecule has 0 N–H and O–H groups in total. The van der Waals surface area contributed by atoms with Crippen molar-refractivity contribution in [2.24, 2.45) is 11.8 Å². The minimum Gasteiger partial charge on any atom is -0.447 e. The average Bonchev–Trinajstić information content (AvgIpc) is 3.03. The summed E-state index contributed by atoms with van der Waals surface area (Å²) in [7, 11) is 0. The zero-order valence-corrected chi connectivity index (χ0v) is 18.1. The van der Waals surface area contributed by atoms with Crippen molar-refractivity contribution < 1.29 is 19.1 Å². The SMILES string of the molecule is CC.CC.CC(=O)[C@@H](CC(C)C)C(=O)N1C(=O)OC[C@@H]1CC1=CCCC=C1. The summed E-state index contributed by atoms with van der Waals surface area (Å²) in [6.45, 7) is 13.5. The Morgan fingerprint density at radius 1 is 1.19 bits per heavy atom. The number of allylic oxidation sites excluding steroid dienone is 3. The highest BCUT2D eigenvalue weighted by Gasteiger charge is 2.42. The quantitative estimate of drug-likeness (QED) is 0.587. The van der Waals surface area contributed by atoms with Crippen LogP contribution in [0.25, 0.3) is 0 Å². The molecular weight excluding hydrogens is 342 g/mol. The Morgan fingerprint density at radius 2 is 1.81 bits per heavy atom. The monoisotopic (exact) mass is 379 g/mol. The van der Waals surface area contributed by atoms with E-state index >= 15 is 0 Å². The highest BCUT2D eigenvalue weighted by Crippen LogP contribution is 2.26. The van der Waals surface area contributed by atoms with Crippen molar-refractivity contribution in [2.45, 2.75) is 80.2 Å². The number of hydrogen-bond donors (Lipinski definition) is 0. The summed E-state index contributed by atoms with van der Waals surface area (Å²) >= 11 is 0. The molecule has 1 aliphatic heterocycles. The van der Waals surface area contributed by atoms with Crippen LogP contribution in [0.5, 0.6) is 0 Å². The number of nitrogens with zero attached hydrogens (tertiary/aromatic N) is 1. The van der Waals surface area contributed by atoms with E-state index in [4.69, 9.17) is 4.74 Å². The fourth-order valence-corrected chi connectivity index (χ4v) is 3.05. The molecule has 0 aromatic carbocycles. The second-order valence-corrected chi connectivity index (χ2v) is 6.69. The predicted molar refractivity (Wildman–Crippen MR) is 109 cm³/mol. The van der Waals surface area contributed by atoms with Crippen LogP contribution in [0.3, 0.4) is 0 Å². The molecule has 0 aromatic heterocycles. The third-order valence-electron chi connectivity index (χ3n) is 4.24. The zero-order chi connectivity index (χ0) is 21.0. The lowest BCUT2D eigenvalue weighted by molar-refractivity contribution is -0.139. The Hall–Kier alpha value is -1.91. The molecule has 2 aliphatic rings. The Balaban J connectivity index is 0.00000158. The maximum Gasteiger partial charge on any atom is 0.417 e. The first kappa shape index (κ1) is 25.1. The van der Waals surface area contributed by atoms with Gasteiger partial charge < -0.3 is 4.74 Å². The van der Waals surface area contributed by atoms with Gasteiger partial charge >= 0.3 is 6.09 Å². The molecule has 1 saturated heterocycles. The van der Waals surface area contributed by atoms with Gasteiger partial charge in [0.2, 0.25) is 5.91 Å². The largest absolute Gasteiger partial charge is 0.447 e. The molecule has 2 amide bonds. The van der Waals surface area contributed by atoms with Gasteiger partial charge in [0.15, 0.2) is 0 Å². The van der Waals surface area contributed by atoms with Gasteiger partial charge in [0.05, 0.1) is 12.0 Å². The molecule has 2 atom stereocenters. The fourth-order valence-electron chi connectivity index (χ4n) is 3.05. The molecule has 1 aliphatic carbocycles. The van der Waals surface area contributed by atoms with Crippen LogP contribution in [0.2, 0.25) is 0 Å². The van der Waals surface area contributed by atoms with Gasteiger partial charge in [-0.1, -0.05) is 65.3 Å². The van der Waals surface area contributed by atoms with Crippen LogP contribution in [-0.4, -0.2) is 35.3 Å². The van der Waals surface area contributed by atoms with Crippen molar-refractivity contribution in [1.82, 2.24) is 4.90 Å².